The van der Waals surface area contributed by atoms with Gasteiger partial charge in [0.25, 0.3) is 0 Å². The van der Waals surface area contributed by atoms with Gasteiger partial charge in [0.15, 0.2) is 0 Å². The summed E-state index contributed by atoms with van der Waals surface area (Å²) in [6.07, 6.45) is 0. The molecular weight excluding hydrogens is 474 g/mol. The normalized spacial score (nSPS) is 14.9. The molecule has 1 aliphatic rings. The zero-order valence-corrected chi connectivity index (χ0v) is 21.4. The van der Waals surface area contributed by atoms with Gasteiger partial charge in [-0.25, -0.2) is 13.2 Å². The summed E-state index contributed by atoms with van der Waals surface area (Å²) in [4.78, 5) is 16.4. The number of anilines is 1. The Morgan fingerprint density at radius 1 is 0.806 bits per heavy atom. The maximum atomic E-state index is 13.5. The van der Waals surface area contributed by atoms with E-state index in [0.717, 1.165) is 38.3 Å². The monoisotopic (exact) mass is 507 g/mol. The van der Waals surface area contributed by atoms with Gasteiger partial charge in [0.1, 0.15) is 0 Å². The third kappa shape index (κ3) is 6.94. The molecule has 8 heteroatoms. The Balaban J connectivity index is 1.38. The first kappa shape index (κ1) is 25.9. The molecule has 0 saturated carbocycles. The van der Waals surface area contributed by atoms with Gasteiger partial charge in [0, 0.05) is 39.3 Å². The van der Waals surface area contributed by atoms with E-state index < -0.39 is 16.0 Å². The van der Waals surface area contributed by atoms with Crippen LogP contribution in [0.2, 0.25) is 0 Å². The van der Waals surface area contributed by atoms with E-state index in [1.165, 1.54) is 17.0 Å². The number of methoxy groups -OCH3 is 1. The van der Waals surface area contributed by atoms with Crippen molar-refractivity contribution >= 4 is 21.7 Å². The Hall–Kier alpha value is -3.20. The number of esters is 1. The fourth-order valence-corrected chi connectivity index (χ4v) is 5.84. The van der Waals surface area contributed by atoms with E-state index in [9.17, 15) is 13.2 Å². The standard InChI is InChI=1S/C28H33N3O4S/c1-35-28(32)26-14-12-25(13-15-26)23-31(27-10-6-3-7-11-27)36(33,34)21-20-29-16-18-30(19-17-29)22-24-8-4-2-5-9-24/h2-15H,16-23H2,1H3. The number of benzene rings is 3. The minimum Gasteiger partial charge on any atom is -0.465 e. The second kappa shape index (κ2) is 12.2. The summed E-state index contributed by atoms with van der Waals surface area (Å²) in [5, 5.41) is 0. The third-order valence-electron chi connectivity index (χ3n) is 6.46. The Morgan fingerprint density at radius 2 is 1.39 bits per heavy atom. The van der Waals surface area contributed by atoms with Gasteiger partial charge in [-0.15, -0.1) is 0 Å². The molecule has 0 bridgehead atoms. The molecule has 0 spiro atoms. The highest BCUT2D eigenvalue weighted by atomic mass is 32.2. The molecular formula is C28H33N3O4S. The molecule has 1 aliphatic heterocycles. The fourth-order valence-electron chi connectivity index (χ4n) is 4.34. The van der Waals surface area contributed by atoms with Gasteiger partial charge >= 0.3 is 5.97 Å². The summed E-state index contributed by atoms with van der Waals surface area (Å²) in [5.74, 6) is -0.376. The van der Waals surface area contributed by atoms with Crippen molar-refractivity contribution in [2.45, 2.75) is 13.1 Å². The van der Waals surface area contributed by atoms with Crippen molar-refractivity contribution in [2.24, 2.45) is 0 Å². The molecule has 0 aromatic heterocycles. The van der Waals surface area contributed by atoms with Crippen LogP contribution in [0.4, 0.5) is 5.69 Å². The molecule has 1 fully saturated rings. The lowest BCUT2D eigenvalue weighted by molar-refractivity contribution is 0.0600. The first-order chi connectivity index (χ1) is 17.4. The molecule has 4 rings (SSSR count). The van der Waals surface area contributed by atoms with Gasteiger partial charge in [0.05, 0.1) is 30.7 Å². The number of nitrogens with zero attached hydrogens (tertiary/aromatic N) is 3. The van der Waals surface area contributed by atoms with Gasteiger partial charge in [-0.3, -0.25) is 14.1 Å². The first-order valence-electron chi connectivity index (χ1n) is 12.2. The van der Waals surface area contributed by atoms with Crippen molar-refractivity contribution in [3.8, 4) is 0 Å². The van der Waals surface area contributed by atoms with Crippen LogP contribution in [0, 0.1) is 0 Å². The lowest BCUT2D eigenvalue weighted by Crippen LogP contribution is -2.48. The molecule has 1 saturated heterocycles. The van der Waals surface area contributed by atoms with Crippen LogP contribution in [-0.2, 0) is 27.8 Å². The number of carbonyl (C=O) groups is 1. The average Bonchev–Trinajstić information content (AvgIpc) is 2.92. The summed E-state index contributed by atoms with van der Waals surface area (Å²) in [6, 6.07) is 26.4. The van der Waals surface area contributed by atoms with E-state index in [1.807, 2.05) is 36.4 Å². The fraction of sp³-hybridized carbons (Fsp3) is 0.321. The van der Waals surface area contributed by atoms with Crippen LogP contribution >= 0.6 is 0 Å². The van der Waals surface area contributed by atoms with Crippen LogP contribution in [0.3, 0.4) is 0 Å². The van der Waals surface area contributed by atoms with Crippen LogP contribution in [0.25, 0.3) is 0 Å². The Labute approximate surface area is 214 Å². The zero-order valence-electron chi connectivity index (χ0n) is 20.6. The largest absolute Gasteiger partial charge is 0.465 e. The van der Waals surface area contributed by atoms with Crippen LogP contribution in [0.5, 0.6) is 0 Å². The van der Waals surface area contributed by atoms with E-state index >= 15 is 0 Å². The van der Waals surface area contributed by atoms with Crippen molar-refractivity contribution in [3.05, 3.63) is 102 Å². The van der Waals surface area contributed by atoms with E-state index in [4.69, 9.17) is 4.74 Å². The lowest BCUT2D eigenvalue weighted by atomic mass is 10.1. The van der Waals surface area contributed by atoms with Crippen LogP contribution in [0.1, 0.15) is 21.5 Å². The first-order valence-corrected chi connectivity index (χ1v) is 13.8. The Morgan fingerprint density at radius 3 is 2.00 bits per heavy atom. The minimum absolute atomic E-state index is 0.0425. The average molecular weight is 508 g/mol. The Kier molecular flexibility index (Phi) is 8.74. The highest BCUT2D eigenvalue weighted by Gasteiger charge is 2.25. The predicted octanol–water partition coefficient (Wildman–Crippen LogP) is 3.63. The molecule has 190 valence electrons. The van der Waals surface area contributed by atoms with Gasteiger partial charge < -0.3 is 4.74 Å². The third-order valence-corrected chi connectivity index (χ3v) is 8.17. The number of piperazine rings is 1. The van der Waals surface area contributed by atoms with Crippen LogP contribution in [-0.4, -0.2) is 69.8 Å². The van der Waals surface area contributed by atoms with Crippen molar-refractivity contribution in [3.63, 3.8) is 0 Å². The van der Waals surface area contributed by atoms with Gasteiger partial charge in [-0.05, 0) is 35.4 Å². The van der Waals surface area contributed by atoms with Crippen LogP contribution < -0.4 is 4.31 Å². The van der Waals surface area contributed by atoms with E-state index in [-0.39, 0.29) is 12.3 Å². The van der Waals surface area contributed by atoms with E-state index in [2.05, 4.69) is 34.1 Å². The molecule has 0 N–H and O–H groups in total. The van der Waals surface area contributed by atoms with Crippen molar-refractivity contribution in [1.82, 2.24) is 9.80 Å². The number of hydrogen-bond donors (Lipinski definition) is 0. The molecule has 3 aromatic carbocycles. The second-order valence-corrected chi connectivity index (χ2v) is 11.0. The smallest absolute Gasteiger partial charge is 0.337 e. The molecule has 0 aliphatic carbocycles. The van der Waals surface area contributed by atoms with Crippen molar-refractivity contribution in [1.29, 1.82) is 0 Å². The minimum atomic E-state index is -3.58. The van der Waals surface area contributed by atoms with Gasteiger partial charge in [0.2, 0.25) is 10.0 Å². The van der Waals surface area contributed by atoms with Gasteiger partial charge in [-0.1, -0.05) is 60.7 Å². The maximum Gasteiger partial charge on any atom is 0.337 e. The molecule has 0 amide bonds. The van der Waals surface area contributed by atoms with Gasteiger partial charge in [-0.2, -0.15) is 0 Å². The van der Waals surface area contributed by atoms with Crippen molar-refractivity contribution in [2.75, 3.05) is 49.9 Å². The number of para-hydroxylation sites is 1. The molecule has 36 heavy (non-hydrogen) atoms. The number of hydrogen-bond acceptors (Lipinski definition) is 6. The van der Waals surface area contributed by atoms with Crippen LogP contribution in [0.15, 0.2) is 84.9 Å². The molecule has 1 heterocycles. The second-order valence-electron chi connectivity index (χ2n) is 8.95. The summed E-state index contributed by atoms with van der Waals surface area (Å²) in [5.41, 5.74) is 3.15. The summed E-state index contributed by atoms with van der Waals surface area (Å²) in [7, 11) is -2.24. The molecule has 0 radical (unpaired) electrons. The topological polar surface area (TPSA) is 70.2 Å². The van der Waals surface area contributed by atoms with Crippen molar-refractivity contribution < 1.29 is 17.9 Å². The summed E-state index contributed by atoms with van der Waals surface area (Å²) < 4.78 is 33.3. The highest BCUT2D eigenvalue weighted by Crippen LogP contribution is 2.22. The predicted molar refractivity (Wildman–Crippen MR) is 142 cm³/mol. The quantitative estimate of drug-likeness (QED) is 0.391. The molecule has 7 nitrogen and oxygen atoms in total. The summed E-state index contributed by atoms with van der Waals surface area (Å²) >= 11 is 0. The Bertz CT molecular complexity index is 1210. The molecule has 3 aromatic rings. The number of rotatable bonds is 10. The number of sulfonamides is 1. The van der Waals surface area contributed by atoms with E-state index in [0.29, 0.717) is 17.8 Å². The molecule has 0 unspecified atom stereocenters. The lowest BCUT2D eigenvalue weighted by Gasteiger charge is -2.35. The highest BCUT2D eigenvalue weighted by molar-refractivity contribution is 7.92. The summed E-state index contributed by atoms with van der Waals surface area (Å²) in [6.45, 7) is 5.15. The number of ether oxygens (including phenoxy) is 1. The molecule has 0 atom stereocenters. The number of carbonyl (C=O) groups excluding carboxylic acids is 1. The SMILES string of the molecule is COC(=O)c1ccc(CN(c2ccccc2)S(=O)(=O)CCN2CCN(Cc3ccccc3)CC2)cc1. The maximum absolute atomic E-state index is 13.5. The van der Waals surface area contributed by atoms with E-state index in [1.54, 1.807) is 24.3 Å². The zero-order chi connectivity index (χ0) is 25.4.